The summed E-state index contributed by atoms with van der Waals surface area (Å²) < 4.78 is 0. The summed E-state index contributed by atoms with van der Waals surface area (Å²) >= 11 is 0. The molecule has 2 N–H and O–H groups in total. The standard InChI is InChI=1S/C14H26N2O3/c1-10(2)11(3)9-15-14(19)16-8-6-4-5-7-12(16)13(17)18/h10-12H,4-9H2,1-3H3,(H,15,19)(H,17,18). The number of likely N-dealkylation sites (tertiary alicyclic amines) is 1. The van der Waals surface area contributed by atoms with Gasteiger partial charge in [0.25, 0.3) is 0 Å². The van der Waals surface area contributed by atoms with Crippen molar-refractivity contribution in [2.75, 3.05) is 13.1 Å². The van der Waals surface area contributed by atoms with Crippen LogP contribution >= 0.6 is 0 Å². The summed E-state index contributed by atoms with van der Waals surface area (Å²) in [6.07, 6.45) is 3.32. The van der Waals surface area contributed by atoms with E-state index in [1.807, 2.05) is 0 Å². The van der Waals surface area contributed by atoms with E-state index >= 15 is 0 Å². The van der Waals surface area contributed by atoms with Crippen molar-refractivity contribution in [2.24, 2.45) is 11.8 Å². The van der Waals surface area contributed by atoms with Crippen LogP contribution in [0.3, 0.4) is 0 Å². The molecule has 0 aromatic heterocycles. The second-order valence-corrected chi connectivity index (χ2v) is 5.80. The number of hydrogen-bond acceptors (Lipinski definition) is 2. The maximum absolute atomic E-state index is 12.1. The Morgan fingerprint density at radius 3 is 2.53 bits per heavy atom. The Bertz CT molecular complexity index is 318. The Kier molecular flexibility index (Phi) is 6.12. The van der Waals surface area contributed by atoms with Crippen molar-refractivity contribution in [2.45, 2.75) is 52.5 Å². The van der Waals surface area contributed by atoms with Crippen LogP contribution < -0.4 is 5.32 Å². The highest BCUT2D eigenvalue weighted by molar-refractivity contribution is 5.82. The summed E-state index contributed by atoms with van der Waals surface area (Å²) in [5, 5.41) is 12.1. The Labute approximate surface area is 115 Å². The first-order valence-corrected chi connectivity index (χ1v) is 7.20. The van der Waals surface area contributed by atoms with Gasteiger partial charge in [-0.15, -0.1) is 0 Å². The first kappa shape index (κ1) is 15.8. The van der Waals surface area contributed by atoms with Crippen molar-refractivity contribution >= 4 is 12.0 Å². The van der Waals surface area contributed by atoms with Gasteiger partial charge in [0.15, 0.2) is 0 Å². The lowest BCUT2D eigenvalue weighted by Gasteiger charge is -2.28. The number of carbonyl (C=O) groups excluding carboxylic acids is 1. The van der Waals surface area contributed by atoms with E-state index in [0.29, 0.717) is 31.3 Å². The van der Waals surface area contributed by atoms with Crippen LogP contribution in [0.25, 0.3) is 0 Å². The van der Waals surface area contributed by atoms with Gasteiger partial charge in [-0.05, 0) is 24.7 Å². The van der Waals surface area contributed by atoms with Gasteiger partial charge in [0.05, 0.1) is 0 Å². The Morgan fingerprint density at radius 2 is 1.95 bits per heavy atom. The van der Waals surface area contributed by atoms with Crippen molar-refractivity contribution < 1.29 is 14.7 Å². The van der Waals surface area contributed by atoms with Crippen LogP contribution in [0.4, 0.5) is 4.79 Å². The second-order valence-electron chi connectivity index (χ2n) is 5.80. The van der Waals surface area contributed by atoms with Gasteiger partial charge < -0.3 is 15.3 Å². The first-order chi connectivity index (χ1) is 8.93. The van der Waals surface area contributed by atoms with Gasteiger partial charge in [-0.3, -0.25) is 0 Å². The zero-order chi connectivity index (χ0) is 14.4. The van der Waals surface area contributed by atoms with E-state index < -0.39 is 12.0 Å². The minimum Gasteiger partial charge on any atom is -0.480 e. The molecule has 2 atom stereocenters. The molecule has 2 unspecified atom stereocenters. The quantitative estimate of drug-likeness (QED) is 0.823. The smallest absolute Gasteiger partial charge is 0.326 e. The highest BCUT2D eigenvalue weighted by atomic mass is 16.4. The molecular formula is C14H26N2O3. The predicted octanol–water partition coefficient (Wildman–Crippen LogP) is 2.32. The lowest BCUT2D eigenvalue weighted by Crippen LogP contribution is -2.50. The third-order valence-corrected chi connectivity index (χ3v) is 4.01. The van der Waals surface area contributed by atoms with Crippen LogP contribution in [0.5, 0.6) is 0 Å². The summed E-state index contributed by atoms with van der Waals surface area (Å²) in [7, 11) is 0. The molecule has 0 radical (unpaired) electrons. The predicted molar refractivity (Wildman–Crippen MR) is 74.0 cm³/mol. The summed E-state index contributed by atoms with van der Waals surface area (Å²) in [4.78, 5) is 24.9. The van der Waals surface area contributed by atoms with Gasteiger partial charge in [0.1, 0.15) is 6.04 Å². The number of carboxylic acids is 1. The van der Waals surface area contributed by atoms with Crippen LogP contribution in [0, 0.1) is 11.8 Å². The molecule has 0 aliphatic carbocycles. The SMILES string of the molecule is CC(C)C(C)CNC(=O)N1CCCCCC1C(=O)O. The number of aliphatic carboxylic acids is 1. The summed E-state index contributed by atoms with van der Waals surface area (Å²) in [6.45, 7) is 7.45. The van der Waals surface area contributed by atoms with Crippen LogP contribution in [0.2, 0.25) is 0 Å². The number of nitrogens with zero attached hydrogens (tertiary/aromatic N) is 1. The molecule has 1 aliphatic heterocycles. The maximum Gasteiger partial charge on any atom is 0.326 e. The number of carbonyl (C=O) groups is 2. The number of rotatable bonds is 4. The molecule has 1 fully saturated rings. The highest BCUT2D eigenvalue weighted by Gasteiger charge is 2.30. The van der Waals surface area contributed by atoms with Gasteiger partial charge in [-0.25, -0.2) is 9.59 Å². The molecule has 2 amide bonds. The molecule has 0 aromatic carbocycles. The minimum atomic E-state index is -0.894. The molecule has 0 bridgehead atoms. The second kappa shape index (κ2) is 7.36. The molecule has 1 saturated heterocycles. The molecule has 0 aromatic rings. The Morgan fingerprint density at radius 1 is 1.26 bits per heavy atom. The number of amides is 2. The first-order valence-electron chi connectivity index (χ1n) is 7.20. The lowest BCUT2D eigenvalue weighted by molar-refractivity contribution is -0.142. The largest absolute Gasteiger partial charge is 0.480 e. The van der Waals surface area contributed by atoms with Crippen LogP contribution in [-0.2, 0) is 4.79 Å². The van der Waals surface area contributed by atoms with E-state index in [0.717, 1.165) is 19.3 Å². The van der Waals surface area contributed by atoms with E-state index in [1.54, 1.807) is 0 Å². The van der Waals surface area contributed by atoms with E-state index in [9.17, 15) is 14.7 Å². The van der Waals surface area contributed by atoms with Crippen molar-refractivity contribution in [1.82, 2.24) is 10.2 Å². The third kappa shape index (κ3) is 4.73. The molecule has 110 valence electrons. The molecule has 19 heavy (non-hydrogen) atoms. The molecule has 0 spiro atoms. The lowest BCUT2D eigenvalue weighted by atomic mass is 9.98. The summed E-state index contributed by atoms with van der Waals surface area (Å²) in [5.74, 6) is -0.00660. The molecular weight excluding hydrogens is 244 g/mol. The molecule has 1 rings (SSSR count). The fourth-order valence-corrected chi connectivity index (χ4v) is 2.19. The van der Waals surface area contributed by atoms with Crippen LogP contribution in [0.15, 0.2) is 0 Å². The van der Waals surface area contributed by atoms with Crippen LogP contribution in [-0.4, -0.2) is 41.1 Å². The number of urea groups is 1. The monoisotopic (exact) mass is 270 g/mol. The van der Waals surface area contributed by atoms with Gasteiger partial charge in [0.2, 0.25) is 0 Å². The number of hydrogen-bond donors (Lipinski definition) is 2. The summed E-state index contributed by atoms with van der Waals surface area (Å²) in [5.41, 5.74) is 0. The molecule has 1 heterocycles. The summed E-state index contributed by atoms with van der Waals surface area (Å²) in [6, 6.07) is -0.904. The number of nitrogens with one attached hydrogen (secondary N) is 1. The Hall–Kier alpha value is -1.26. The van der Waals surface area contributed by atoms with E-state index in [4.69, 9.17) is 0 Å². The zero-order valence-electron chi connectivity index (χ0n) is 12.2. The average molecular weight is 270 g/mol. The van der Waals surface area contributed by atoms with E-state index in [1.165, 1.54) is 4.90 Å². The van der Waals surface area contributed by atoms with E-state index in [-0.39, 0.29) is 6.03 Å². The Balaban J connectivity index is 2.58. The maximum atomic E-state index is 12.1. The van der Waals surface area contributed by atoms with Crippen LogP contribution in [0.1, 0.15) is 46.5 Å². The topological polar surface area (TPSA) is 69.6 Å². The van der Waals surface area contributed by atoms with E-state index in [2.05, 4.69) is 26.1 Å². The van der Waals surface area contributed by atoms with Crippen molar-refractivity contribution in [3.05, 3.63) is 0 Å². The van der Waals surface area contributed by atoms with Gasteiger partial charge in [-0.2, -0.15) is 0 Å². The normalized spacial score (nSPS) is 21.9. The average Bonchev–Trinajstić information content (AvgIpc) is 2.60. The molecule has 5 nitrogen and oxygen atoms in total. The van der Waals surface area contributed by atoms with Crippen molar-refractivity contribution in [3.8, 4) is 0 Å². The third-order valence-electron chi connectivity index (χ3n) is 4.01. The van der Waals surface area contributed by atoms with Gasteiger partial charge in [-0.1, -0.05) is 33.6 Å². The fourth-order valence-electron chi connectivity index (χ4n) is 2.19. The fraction of sp³-hybridized carbons (Fsp3) is 0.857. The molecule has 5 heteroatoms. The zero-order valence-corrected chi connectivity index (χ0v) is 12.2. The van der Waals surface area contributed by atoms with Crippen molar-refractivity contribution in [1.29, 1.82) is 0 Å². The molecule has 1 aliphatic rings. The van der Waals surface area contributed by atoms with Gasteiger partial charge in [0, 0.05) is 13.1 Å². The minimum absolute atomic E-state index is 0.234. The van der Waals surface area contributed by atoms with Gasteiger partial charge >= 0.3 is 12.0 Å². The highest BCUT2D eigenvalue weighted by Crippen LogP contribution is 2.17. The number of carboxylic acid groups (broad SMARTS) is 1. The van der Waals surface area contributed by atoms with Crippen molar-refractivity contribution in [3.63, 3.8) is 0 Å². The molecule has 0 saturated carbocycles.